The first-order valence-corrected chi connectivity index (χ1v) is 15.8. The van der Waals surface area contributed by atoms with E-state index in [1.807, 2.05) is 13.8 Å². The predicted octanol–water partition coefficient (Wildman–Crippen LogP) is 6.26. The topological polar surface area (TPSA) is 78.8 Å². The van der Waals surface area contributed by atoms with Gasteiger partial charge in [-0.15, -0.1) is 0 Å². The van der Waals surface area contributed by atoms with Crippen LogP contribution >= 0.6 is 0 Å². The first kappa shape index (κ1) is 29.3. The highest BCUT2D eigenvalue weighted by Gasteiger charge is 2.75. The normalized spacial score (nSPS) is 29.1. The molecule has 0 aromatic heterocycles. The summed E-state index contributed by atoms with van der Waals surface area (Å²) in [6, 6.07) is 8.53. The van der Waals surface area contributed by atoms with Gasteiger partial charge in [0.1, 0.15) is 17.7 Å². The maximum atomic E-state index is 13.9. The van der Waals surface area contributed by atoms with Crippen molar-refractivity contribution in [3.63, 3.8) is 0 Å². The van der Waals surface area contributed by atoms with Gasteiger partial charge in [0, 0.05) is 23.9 Å². The van der Waals surface area contributed by atoms with Crippen LogP contribution in [0, 0.1) is 16.6 Å². The van der Waals surface area contributed by atoms with Gasteiger partial charge in [-0.3, -0.25) is 9.79 Å². The number of ketones is 1. The molecule has 0 spiro atoms. The van der Waals surface area contributed by atoms with Crippen LogP contribution in [-0.2, 0) is 27.5 Å². The molecule has 7 rings (SSSR count). The second-order valence-corrected chi connectivity index (χ2v) is 15.6. The third-order valence-electron chi connectivity index (χ3n) is 9.89. The molecule has 226 valence electrons. The Morgan fingerprint density at radius 2 is 1.60 bits per heavy atom. The zero-order chi connectivity index (χ0) is 30.3. The average Bonchev–Trinajstić information content (AvgIpc) is 3.15. The van der Waals surface area contributed by atoms with Gasteiger partial charge in [0.2, 0.25) is 10.0 Å². The minimum atomic E-state index is -4.50. The third kappa shape index (κ3) is 4.76. The Hall–Kier alpha value is -2.79. The highest BCUT2D eigenvalue weighted by Crippen LogP contribution is 2.71. The van der Waals surface area contributed by atoms with Crippen LogP contribution in [0.5, 0.6) is 0 Å². The summed E-state index contributed by atoms with van der Waals surface area (Å²) in [5.41, 5.74) is -2.06. The summed E-state index contributed by atoms with van der Waals surface area (Å²) in [5.74, 6) is 0.282. The van der Waals surface area contributed by atoms with E-state index in [2.05, 4.69) is 12.2 Å². The Labute approximate surface area is 243 Å². The standard InChI is InChI=1S/C31H35F4N3O3S/c1-27(2)25(24(39)15-28(3)13-4-14-28)36-26(37-27)29-17-30(18-29,19-29)38(42(40,41)23-11-9-22(32)10-12-23)16-20-5-7-21(8-6-20)31(33,34)35/h5-12,25H,4,13-19H2,1-3H3,(H,36,37). The summed E-state index contributed by atoms with van der Waals surface area (Å²) in [6.07, 6.45) is 0.632. The fourth-order valence-corrected chi connectivity index (χ4v) is 9.13. The summed E-state index contributed by atoms with van der Waals surface area (Å²) in [5, 5.41) is 3.48. The molecule has 4 saturated carbocycles. The van der Waals surface area contributed by atoms with E-state index in [9.17, 15) is 30.8 Å². The van der Waals surface area contributed by atoms with Crippen molar-refractivity contribution in [1.29, 1.82) is 0 Å². The summed E-state index contributed by atoms with van der Waals surface area (Å²) in [6.45, 7) is 5.95. The van der Waals surface area contributed by atoms with Gasteiger partial charge in [0.15, 0.2) is 5.78 Å². The number of aliphatic imine (C=N–C) groups is 1. The van der Waals surface area contributed by atoms with Crippen molar-refractivity contribution in [2.45, 2.75) is 100 Å². The molecule has 4 fully saturated rings. The Morgan fingerprint density at radius 3 is 2.12 bits per heavy atom. The van der Waals surface area contributed by atoms with Crippen LogP contribution in [0.4, 0.5) is 17.6 Å². The average molecular weight is 606 g/mol. The second-order valence-electron chi connectivity index (χ2n) is 13.7. The molecule has 2 aromatic rings. The van der Waals surface area contributed by atoms with Gasteiger partial charge in [-0.1, -0.05) is 25.5 Å². The predicted molar refractivity (Wildman–Crippen MR) is 150 cm³/mol. The largest absolute Gasteiger partial charge is 0.416 e. The molecule has 1 aliphatic heterocycles. The van der Waals surface area contributed by atoms with Crippen LogP contribution in [0.15, 0.2) is 58.4 Å². The molecule has 4 aliphatic carbocycles. The van der Waals surface area contributed by atoms with Crippen LogP contribution in [0.3, 0.4) is 0 Å². The van der Waals surface area contributed by atoms with Crippen molar-refractivity contribution in [1.82, 2.24) is 9.62 Å². The number of amidine groups is 1. The number of Topliss-reactive ketones (excluding diaryl/α,β-unsaturated/α-hetero) is 1. The van der Waals surface area contributed by atoms with E-state index in [-0.39, 0.29) is 28.1 Å². The first-order chi connectivity index (χ1) is 19.5. The van der Waals surface area contributed by atoms with Crippen LogP contribution in [-0.4, -0.2) is 41.5 Å². The number of nitrogens with zero attached hydrogens (tertiary/aromatic N) is 2. The molecule has 11 heteroatoms. The van der Waals surface area contributed by atoms with Crippen molar-refractivity contribution in [3.8, 4) is 0 Å². The summed E-state index contributed by atoms with van der Waals surface area (Å²) in [7, 11) is -4.12. The van der Waals surface area contributed by atoms with Crippen molar-refractivity contribution in [2.75, 3.05) is 0 Å². The van der Waals surface area contributed by atoms with E-state index in [4.69, 9.17) is 4.99 Å². The third-order valence-corrected chi connectivity index (χ3v) is 11.9. The van der Waals surface area contributed by atoms with Crippen LogP contribution in [0.1, 0.15) is 76.8 Å². The Bertz CT molecular complexity index is 1530. The molecule has 42 heavy (non-hydrogen) atoms. The van der Waals surface area contributed by atoms with Crippen molar-refractivity contribution >= 4 is 21.6 Å². The van der Waals surface area contributed by atoms with E-state index in [1.165, 1.54) is 28.6 Å². The number of benzene rings is 2. The molecular weight excluding hydrogens is 570 g/mol. The van der Waals surface area contributed by atoms with E-state index in [0.717, 1.165) is 49.4 Å². The lowest BCUT2D eigenvalue weighted by Gasteiger charge is -2.73. The quantitative estimate of drug-likeness (QED) is 0.343. The maximum Gasteiger partial charge on any atom is 0.416 e. The number of rotatable bonds is 9. The van der Waals surface area contributed by atoms with E-state index in [1.54, 1.807) is 0 Å². The molecule has 2 aromatic carbocycles. The zero-order valence-corrected chi connectivity index (χ0v) is 24.7. The monoisotopic (exact) mass is 605 g/mol. The molecule has 0 radical (unpaired) electrons. The lowest BCUT2D eigenvalue weighted by atomic mass is 9.38. The number of nitrogens with one attached hydrogen (secondary N) is 1. The molecular formula is C31H35F4N3O3S. The van der Waals surface area contributed by atoms with Gasteiger partial charge in [-0.25, -0.2) is 12.8 Å². The number of hydrogen-bond donors (Lipinski definition) is 1. The summed E-state index contributed by atoms with van der Waals surface area (Å²) < 4.78 is 82.2. The van der Waals surface area contributed by atoms with Gasteiger partial charge < -0.3 is 5.32 Å². The SMILES string of the molecule is CC1(CC(=O)C2N=C(C34CC(N(Cc5ccc(C(F)(F)F)cc5)S(=O)(=O)c5ccc(F)cc5)(C3)C4)NC2(C)C)CCC1. The van der Waals surface area contributed by atoms with Crippen LogP contribution in [0.25, 0.3) is 0 Å². The maximum absolute atomic E-state index is 13.9. The minimum Gasteiger partial charge on any atom is -0.366 e. The van der Waals surface area contributed by atoms with Crippen molar-refractivity contribution in [2.24, 2.45) is 15.8 Å². The highest BCUT2D eigenvalue weighted by molar-refractivity contribution is 7.89. The molecule has 1 N–H and O–H groups in total. The van der Waals surface area contributed by atoms with Gasteiger partial charge in [-0.05, 0) is 93.3 Å². The van der Waals surface area contributed by atoms with E-state index in [0.29, 0.717) is 31.2 Å². The molecule has 2 bridgehead atoms. The van der Waals surface area contributed by atoms with Gasteiger partial charge in [0.05, 0.1) is 16.0 Å². The lowest BCUT2D eigenvalue weighted by Crippen LogP contribution is -2.78. The Morgan fingerprint density at radius 1 is 1.00 bits per heavy atom. The van der Waals surface area contributed by atoms with Crippen molar-refractivity contribution in [3.05, 3.63) is 65.5 Å². The Kier molecular flexibility index (Phi) is 6.52. The van der Waals surface area contributed by atoms with Crippen LogP contribution in [0.2, 0.25) is 0 Å². The van der Waals surface area contributed by atoms with Crippen molar-refractivity contribution < 1.29 is 30.8 Å². The number of halogens is 4. The van der Waals surface area contributed by atoms with Gasteiger partial charge in [-0.2, -0.15) is 17.5 Å². The fourth-order valence-electron chi connectivity index (χ4n) is 7.37. The van der Waals surface area contributed by atoms with E-state index < -0.39 is 44.7 Å². The highest BCUT2D eigenvalue weighted by atomic mass is 32.2. The first-order valence-electron chi connectivity index (χ1n) is 14.3. The molecule has 0 saturated heterocycles. The van der Waals surface area contributed by atoms with E-state index >= 15 is 0 Å². The zero-order valence-electron chi connectivity index (χ0n) is 23.9. The lowest BCUT2D eigenvalue weighted by molar-refractivity contribution is -0.151. The van der Waals surface area contributed by atoms with Gasteiger partial charge in [0.25, 0.3) is 0 Å². The fraction of sp³-hybridized carbons (Fsp3) is 0.548. The smallest absolute Gasteiger partial charge is 0.366 e. The number of alkyl halides is 3. The summed E-state index contributed by atoms with van der Waals surface area (Å²) in [4.78, 5) is 18.1. The number of sulfonamides is 1. The molecule has 6 nitrogen and oxygen atoms in total. The summed E-state index contributed by atoms with van der Waals surface area (Å²) >= 11 is 0. The molecule has 0 amide bonds. The van der Waals surface area contributed by atoms with Crippen LogP contribution < -0.4 is 5.32 Å². The molecule has 1 unspecified atom stereocenters. The minimum absolute atomic E-state index is 0.0410. The number of hydrogen-bond acceptors (Lipinski definition) is 5. The number of carbonyl (C=O) groups excluding carboxylic acids is 1. The number of carbonyl (C=O) groups is 1. The van der Waals surface area contributed by atoms with Gasteiger partial charge >= 0.3 is 6.18 Å². The second kappa shape index (κ2) is 9.35. The molecule has 1 heterocycles. The Balaban J connectivity index is 1.25. The molecule has 5 aliphatic rings. The molecule has 1 atom stereocenters.